The lowest BCUT2D eigenvalue weighted by Gasteiger charge is -2.10. The van der Waals surface area contributed by atoms with Crippen molar-refractivity contribution in [3.8, 4) is 34.3 Å². The molecule has 0 aliphatic carbocycles. The number of nitriles is 1. The minimum Gasteiger partial charge on any atom is -0.496 e. The van der Waals surface area contributed by atoms with Gasteiger partial charge in [0.1, 0.15) is 17.6 Å². The van der Waals surface area contributed by atoms with E-state index in [9.17, 15) is 4.39 Å². The summed E-state index contributed by atoms with van der Waals surface area (Å²) in [6.45, 7) is 0. The van der Waals surface area contributed by atoms with E-state index in [1.807, 2.05) is 24.3 Å². The maximum absolute atomic E-state index is 13.9. The molecule has 24 heavy (non-hydrogen) atoms. The molecule has 2 aromatic carbocycles. The molecule has 0 aliphatic rings. The molecular formula is C18H13FN4O. The van der Waals surface area contributed by atoms with Crippen LogP contribution in [0.15, 0.2) is 48.5 Å². The van der Waals surface area contributed by atoms with E-state index in [0.717, 1.165) is 5.56 Å². The molecule has 0 unspecified atom stereocenters. The van der Waals surface area contributed by atoms with Crippen molar-refractivity contribution >= 4 is 5.95 Å². The Hall–Kier alpha value is -3.46. The average molecular weight is 320 g/mol. The van der Waals surface area contributed by atoms with Gasteiger partial charge in [-0.3, -0.25) is 0 Å². The fraction of sp³-hybridized carbons (Fsp3) is 0.0556. The van der Waals surface area contributed by atoms with Gasteiger partial charge in [-0.1, -0.05) is 18.2 Å². The molecule has 3 aromatic rings. The fourth-order valence-corrected chi connectivity index (χ4v) is 2.37. The molecular weight excluding hydrogens is 307 g/mol. The van der Waals surface area contributed by atoms with Crippen LogP contribution in [0.1, 0.15) is 5.56 Å². The summed E-state index contributed by atoms with van der Waals surface area (Å²) in [6.07, 6.45) is 0. The smallest absolute Gasteiger partial charge is 0.221 e. The molecule has 3 rings (SSSR count). The number of nitrogens with two attached hydrogens (primary N) is 1. The lowest BCUT2D eigenvalue weighted by molar-refractivity contribution is 0.416. The maximum atomic E-state index is 13.9. The number of rotatable bonds is 3. The Morgan fingerprint density at radius 1 is 1.08 bits per heavy atom. The Morgan fingerprint density at radius 2 is 1.83 bits per heavy atom. The van der Waals surface area contributed by atoms with Gasteiger partial charge in [-0.15, -0.1) is 0 Å². The molecule has 2 N–H and O–H groups in total. The maximum Gasteiger partial charge on any atom is 0.221 e. The highest BCUT2D eigenvalue weighted by atomic mass is 19.1. The number of hydrogen-bond donors (Lipinski definition) is 1. The highest BCUT2D eigenvalue weighted by Crippen LogP contribution is 2.31. The first-order valence-electron chi connectivity index (χ1n) is 7.10. The van der Waals surface area contributed by atoms with Gasteiger partial charge in [0.25, 0.3) is 0 Å². The van der Waals surface area contributed by atoms with Gasteiger partial charge in [0.05, 0.1) is 24.1 Å². The van der Waals surface area contributed by atoms with E-state index >= 15 is 0 Å². The molecule has 0 saturated heterocycles. The molecule has 0 atom stereocenters. The second kappa shape index (κ2) is 6.34. The van der Waals surface area contributed by atoms with Crippen LogP contribution in [0.5, 0.6) is 5.75 Å². The summed E-state index contributed by atoms with van der Waals surface area (Å²) in [5.74, 6) is 0.108. The normalized spacial score (nSPS) is 10.2. The second-order valence-corrected chi connectivity index (χ2v) is 5.00. The van der Waals surface area contributed by atoms with Gasteiger partial charge in [0.2, 0.25) is 5.95 Å². The molecule has 0 fully saturated rings. The van der Waals surface area contributed by atoms with Crippen molar-refractivity contribution in [3.63, 3.8) is 0 Å². The van der Waals surface area contributed by atoms with Gasteiger partial charge >= 0.3 is 0 Å². The highest BCUT2D eigenvalue weighted by molar-refractivity contribution is 5.73. The summed E-state index contributed by atoms with van der Waals surface area (Å²) in [6, 6.07) is 15.2. The third kappa shape index (κ3) is 2.88. The minimum absolute atomic E-state index is 0.0225. The van der Waals surface area contributed by atoms with Crippen molar-refractivity contribution in [1.82, 2.24) is 9.97 Å². The third-order valence-corrected chi connectivity index (χ3v) is 3.51. The molecule has 1 aromatic heterocycles. The van der Waals surface area contributed by atoms with Gasteiger partial charge in [0.15, 0.2) is 0 Å². The van der Waals surface area contributed by atoms with Crippen molar-refractivity contribution in [2.75, 3.05) is 12.8 Å². The number of halogens is 1. The lowest BCUT2D eigenvalue weighted by Crippen LogP contribution is -2.00. The molecule has 1 heterocycles. The fourth-order valence-electron chi connectivity index (χ4n) is 2.37. The van der Waals surface area contributed by atoms with Crippen LogP contribution in [0.3, 0.4) is 0 Å². The number of para-hydroxylation sites is 1. The predicted octanol–water partition coefficient (Wildman–Crippen LogP) is 3.41. The summed E-state index contributed by atoms with van der Waals surface area (Å²) < 4.78 is 19.2. The van der Waals surface area contributed by atoms with Crippen LogP contribution in [0.2, 0.25) is 0 Å². The van der Waals surface area contributed by atoms with E-state index in [2.05, 4.69) is 9.97 Å². The largest absolute Gasteiger partial charge is 0.496 e. The van der Waals surface area contributed by atoms with Crippen LogP contribution >= 0.6 is 0 Å². The predicted molar refractivity (Wildman–Crippen MR) is 88.5 cm³/mol. The van der Waals surface area contributed by atoms with Crippen LogP contribution in [0, 0.1) is 17.1 Å². The molecule has 118 valence electrons. The highest BCUT2D eigenvalue weighted by Gasteiger charge is 2.12. The molecule has 0 saturated carbocycles. The number of hydrogen-bond acceptors (Lipinski definition) is 5. The van der Waals surface area contributed by atoms with E-state index in [-0.39, 0.29) is 11.5 Å². The van der Waals surface area contributed by atoms with Gasteiger partial charge in [-0.05, 0) is 30.3 Å². The number of anilines is 1. The number of benzene rings is 2. The number of nitrogens with zero attached hydrogens (tertiary/aromatic N) is 3. The average Bonchev–Trinajstić information content (AvgIpc) is 2.61. The van der Waals surface area contributed by atoms with Crippen LogP contribution in [-0.4, -0.2) is 17.1 Å². The van der Waals surface area contributed by atoms with Gasteiger partial charge in [-0.25, -0.2) is 14.4 Å². The van der Waals surface area contributed by atoms with Gasteiger partial charge in [-0.2, -0.15) is 5.26 Å². The van der Waals surface area contributed by atoms with E-state index in [1.165, 1.54) is 12.1 Å². The van der Waals surface area contributed by atoms with Crippen molar-refractivity contribution in [2.24, 2.45) is 0 Å². The van der Waals surface area contributed by atoms with Crippen molar-refractivity contribution in [2.45, 2.75) is 0 Å². The summed E-state index contributed by atoms with van der Waals surface area (Å²) >= 11 is 0. The summed E-state index contributed by atoms with van der Waals surface area (Å²) in [5, 5.41) is 8.82. The Morgan fingerprint density at radius 3 is 2.54 bits per heavy atom. The first kappa shape index (κ1) is 15.4. The van der Waals surface area contributed by atoms with E-state index < -0.39 is 5.82 Å². The van der Waals surface area contributed by atoms with Gasteiger partial charge in [0, 0.05) is 11.1 Å². The molecule has 5 nitrogen and oxygen atoms in total. The number of methoxy groups -OCH3 is 1. The summed E-state index contributed by atoms with van der Waals surface area (Å²) in [5.41, 5.74) is 8.09. The monoisotopic (exact) mass is 320 g/mol. The Bertz CT molecular complexity index is 950. The topological polar surface area (TPSA) is 84.8 Å². The number of ether oxygens (including phenoxy) is 1. The Balaban J connectivity index is 2.13. The van der Waals surface area contributed by atoms with E-state index in [0.29, 0.717) is 22.7 Å². The van der Waals surface area contributed by atoms with Crippen LogP contribution in [0.4, 0.5) is 10.3 Å². The molecule has 0 bridgehead atoms. The molecule has 0 amide bonds. The summed E-state index contributed by atoms with van der Waals surface area (Å²) in [4.78, 5) is 8.39. The first-order chi connectivity index (χ1) is 11.6. The Labute approximate surface area is 138 Å². The zero-order chi connectivity index (χ0) is 17.1. The molecule has 0 radical (unpaired) electrons. The zero-order valence-corrected chi connectivity index (χ0v) is 12.8. The first-order valence-corrected chi connectivity index (χ1v) is 7.10. The van der Waals surface area contributed by atoms with Crippen LogP contribution in [0.25, 0.3) is 22.5 Å². The molecule has 0 aliphatic heterocycles. The van der Waals surface area contributed by atoms with Crippen molar-refractivity contribution < 1.29 is 9.13 Å². The molecule has 6 heteroatoms. The number of nitrogen functional groups attached to an aromatic ring is 1. The number of aromatic nitrogens is 2. The third-order valence-electron chi connectivity index (χ3n) is 3.51. The van der Waals surface area contributed by atoms with E-state index in [1.54, 1.807) is 25.3 Å². The zero-order valence-electron chi connectivity index (χ0n) is 12.8. The quantitative estimate of drug-likeness (QED) is 0.799. The second-order valence-electron chi connectivity index (χ2n) is 5.00. The standard InChI is InChI=1S/C18H13FN4O/c1-24-17-5-3-2-4-13(17)16-9-15(22-18(21)23-16)11-6-7-12(10-20)14(19)8-11/h2-9H,1H3,(H2,21,22,23). The minimum atomic E-state index is -0.606. The van der Waals surface area contributed by atoms with Crippen molar-refractivity contribution in [1.29, 1.82) is 5.26 Å². The van der Waals surface area contributed by atoms with Crippen molar-refractivity contribution in [3.05, 3.63) is 59.9 Å². The molecule has 0 spiro atoms. The SMILES string of the molecule is COc1ccccc1-c1cc(-c2ccc(C#N)c(F)c2)nc(N)n1. The Kier molecular flexibility index (Phi) is 4.08. The van der Waals surface area contributed by atoms with E-state index in [4.69, 9.17) is 15.7 Å². The van der Waals surface area contributed by atoms with Crippen LogP contribution in [-0.2, 0) is 0 Å². The lowest BCUT2D eigenvalue weighted by atomic mass is 10.1. The van der Waals surface area contributed by atoms with Crippen LogP contribution < -0.4 is 10.5 Å². The summed E-state index contributed by atoms with van der Waals surface area (Å²) in [7, 11) is 1.57. The van der Waals surface area contributed by atoms with Gasteiger partial charge < -0.3 is 10.5 Å².